The van der Waals surface area contributed by atoms with E-state index in [-0.39, 0.29) is 17.0 Å². The van der Waals surface area contributed by atoms with Gasteiger partial charge in [-0.1, -0.05) is 24.3 Å². The number of rotatable bonds is 0. The molecule has 4 heteroatoms. The summed E-state index contributed by atoms with van der Waals surface area (Å²) in [6.07, 6.45) is 8.97. The van der Waals surface area contributed by atoms with E-state index >= 15 is 0 Å². The molecule has 1 aliphatic carbocycles. The van der Waals surface area contributed by atoms with Gasteiger partial charge in [0.2, 0.25) is 0 Å². The molecule has 3 aliphatic rings. The summed E-state index contributed by atoms with van der Waals surface area (Å²) in [7, 11) is 0. The summed E-state index contributed by atoms with van der Waals surface area (Å²) < 4.78 is 5.94. The Balaban J connectivity index is 0.00000121. The van der Waals surface area contributed by atoms with Crippen molar-refractivity contribution >= 4 is 23.2 Å². The van der Waals surface area contributed by atoms with E-state index in [0.29, 0.717) is 0 Å². The molecule has 1 aromatic rings. The maximum absolute atomic E-state index is 9.77. The van der Waals surface area contributed by atoms with Gasteiger partial charge in [0.05, 0.1) is 11.5 Å². The summed E-state index contributed by atoms with van der Waals surface area (Å²) in [4.78, 5) is 4.45. The van der Waals surface area contributed by atoms with Gasteiger partial charge in [-0.05, 0) is 25.1 Å². The molecule has 0 saturated heterocycles. The third-order valence-electron chi connectivity index (χ3n) is 3.82. The molecule has 102 valence electrons. The molecule has 1 N–H and O–H groups in total. The number of ether oxygens (including phenoxy) is 1. The van der Waals surface area contributed by atoms with Crippen LogP contribution < -0.4 is 4.74 Å². The summed E-state index contributed by atoms with van der Waals surface area (Å²) >= 11 is 0. The molecule has 2 heterocycles. The minimum atomic E-state index is -0.587. The van der Waals surface area contributed by atoms with E-state index in [0.717, 1.165) is 28.3 Å². The van der Waals surface area contributed by atoms with Crippen molar-refractivity contribution in [2.75, 3.05) is 0 Å². The highest BCUT2D eigenvalue weighted by Gasteiger charge is 2.45. The molecule has 2 atom stereocenters. The lowest BCUT2D eigenvalue weighted by molar-refractivity contribution is 0.257. The molecule has 0 bridgehead atoms. The monoisotopic (exact) mass is 331 g/mol. The molecule has 0 fully saturated rings. The smallest absolute Gasteiger partial charge is 0.132 e. The van der Waals surface area contributed by atoms with Gasteiger partial charge in [-0.3, -0.25) is 4.99 Å². The zero-order valence-corrected chi connectivity index (χ0v) is 12.6. The van der Waals surface area contributed by atoms with Crippen LogP contribution in [-0.2, 0) is 5.41 Å². The molecule has 0 radical (unpaired) electrons. The predicted molar refractivity (Wildman–Crippen MR) is 83.7 cm³/mol. The van der Waals surface area contributed by atoms with E-state index in [1.165, 1.54) is 0 Å². The zero-order chi connectivity index (χ0) is 13.0. The van der Waals surface area contributed by atoms with Crippen LogP contribution in [0.5, 0.6) is 5.75 Å². The lowest BCUT2D eigenvalue weighted by Crippen LogP contribution is -2.26. The highest BCUT2D eigenvalue weighted by molar-refractivity contribution is 8.93. The fourth-order valence-electron chi connectivity index (χ4n) is 3.04. The van der Waals surface area contributed by atoms with Gasteiger partial charge >= 0.3 is 0 Å². The van der Waals surface area contributed by atoms with Gasteiger partial charge < -0.3 is 9.84 Å². The average Bonchev–Trinajstić information content (AvgIpc) is 2.62. The number of aliphatic hydroxyl groups excluding tert-OH is 1. The molecule has 2 aliphatic heterocycles. The highest BCUT2D eigenvalue weighted by Crippen LogP contribution is 2.51. The number of allylic oxidation sites excluding steroid dienone is 2. The third-order valence-corrected chi connectivity index (χ3v) is 3.82. The van der Waals surface area contributed by atoms with Crippen molar-refractivity contribution in [1.82, 2.24) is 0 Å². The normalized spacial score (nSPS) is 28.4. The largest absolute Gasteiger partial charge is 0.460 e. The molecule has 20 heavy (non-hydrogen) atoms. The Bertz CT molecular complexity index is 702. The first-order valence-electron chi connectivity index (χ1n) is 6.34. The van der Waals surface area contributed by atoms with E-state index in [1.54, 1.807) is 12.2 Å². The Kier molecular flexibility index (Phi) is 2.96. The van der Waals surface area contributed by atoms with Crippen LogP contribution in [0.15, 0.2) is 59.0 Å². The van der Waals surface area contributed by atoms with Crippen LogP contribution in [0.3, 0.4) is 0 Å². The molecule has 4 rings (SSSR count). The van der Waals surface area contributed by atoms with Crippen LogP contribution in [0.25, 0.3) is 0 Å². The summed E-state index contributed by atoms with van der Waals surface area (Å²) in [6, 6.07) is 5.97. The topological polar surface area (TPSA) is 41.8 Å². The Morgan fingerprint density at radius 3 is 3.05 bits per heavy atom. The fourth-order valence-corrected chi connectivity index (χ4v) is 3.04. The van der Waals surface area contributed by atoms with Crippen LogP contribution in [0, 0.1) is 0 Å². The number of aliphatic imine (C=N–C) groups is 1. The highest BCUT2D eigenvalue weighted by atomic mass is 79.9. The van der Waals surface area contributed by atoms with Gasteiger partial charge in [-0.25, -0.2) is 0 Å². The standard InChI is InChI=1S/C16H13NO2.BrH/c1-10-8-16-6-5-12(18)7-14(16)19-13-4-2-3-11(9-17-10)15(13)16;/h2-9,12,18H,1H3;1H. The van der Waals surface area contributed by atoms with Crippen LogP contribution in [0.4, 0.5) is 0 Å². The summed E-state index contributed by atoms with van der Waals surface area (Å²) in [5.41, 5.74) is 2.71. The first-order valence-corrected chi connectivity index (χ1v) is 6.34. The van der Waals surface area contributed by atoms with Gasteiger partial charge in [-0.2, -0.15) is 0 Å². The number of aliphatic hydroxyl groups is 1. The zero-order valence-electron chi connectivity index (χ0n) is 10.9. The van der Waals surface area contributed by atoms with Crippen molar-refractivity contribution in [3.63, 3.8) is 0 Å². The van der Waals surface area contributed by atoms with E-state index in [9.17, 15) is 5.11 Å². The average molecular weight is 332 g/mol. The quantitative estimate of drug-likeness (QED) is 0.742. The van der Waals surface area contributed by atoms with Crippen molar-refractivity contribution < 1.29 is 9.84 Å². The van der Waals surface area contributed by atoms with Crippen molar-refractivity contribution in [2.45, 2.75) is 18.4 Å². The number of hydrogen-bond acceptors (Lipinski definition) is 3. The number of nitrogens with zero attached hydrogens (tertiary/aromatic N) is 1. The van der Waals surface area contributed by atoms with Crippen molar-refractivity contribution in [3.8, 4) is 5.75 Å². The van der Waals surface area contributed by atoms with E-state index in [2.05, 4.69) is 11.1 Å². The number of halogens is 1. The molecule has 3 nitrogen and oxygen atoms in total. The Labute approximate surface area is 127 Å². The first-order chi connectivity index (χ1) is 9.19. The molecule has 1 aromatic carbocycles. The van der Waals surface area contributed by atoms with Crippen LogP contribution in [-0.4, -0.2) is 17.4 Å². The van der Waals surface area contributed by atoms with Gasteiger partial charge in [0.15, 0.2) is 0 Å². The van der Waals surface area contributed by atoms with Crippen LogP contribution in [0.1, 0.15) is 18.1 Å². The van der Waals surface area contributed by atoms with Crippen molar-refractivity contribution in [2.24, 2.45) is 4.99 Å². The molecule has 0 saturated carbocycles. The maximum atomic E-state index is 9.77. The number of hydrogen-bond donors (Lipinski definition) is 1. The van der Waals surface area contributed by atoms with Crippen LogP contribution >= 0.6 is 17.0 Å². The Morgan fingerprint density at radius 1 is 1.35 bits per heavy atom. The first kappa shape index (κ1) is 13.3. The summed E-state index contributed by atoms with van der Waals surface area (Å²) in [5.74, 6) is 1.62. The summed E-state index contributed by atoms with van der Waals surface area (Å²) in [6.45, 7) is 1.98. The van der Waals surface area contributed by atoms with Crippen molar-refractivity contribution in [3.05, 3.63) is 65.1 Å². The molecular weight excluding hydrogens is 318 g/mol. The SMILES string of the molecule is Br.CC1=CC23C=CC(O)C=C2Oc2cccc(c23)C=N1. The Morgan fingerprint density at radius 2 is 2.20 bits per heavy atom. The molecule has 1 spiro atoms. The van der Waals surface area contributed by atoms with Gasteiger partial charge in [0.25, 0.3) is 0 Å². The minimum Gasteiger partial charge on any atom is -0.460 e. The molecule has 0 aromatic heterocycles. The fraction of sp³-hybridized carbons (Fsp3) is 0.188. The third kappa shape index (κ3) is 1.65. The van der Waals surface area contributed by atoms with Gasteiger partial charge in [0, 0.05) is 23.0 Å². The second-order valence-electron chi connectivity index (χ2n) is 5.12. The van der Waals surface area contributed by atoms with Gasteiger partial charge in [-0.15, -0.1) is 17.0 Å². The van der Waals surface area contributed by atoms with Crippen molar-refractivity contribution in [1.29, 1.82) is 0 Å². The molecule has 2 unspecified atom stereocenters. The van der Waals surface area contributed by atoms with E-state index < -0.39 is 11.5 Å². The lowest BCUT2D eigenvalue weighted by atomic mass is 9.75. The maximum Gasteiger partial charge on any atom is 0.132 e. The second kappa shape index (κ2) is 4.43. The second-order valence-corrected chi connectivity index (χ2v) is 5.12. The Hall–Kier alpha value is -1.65. The number of benzene rings is 1. The molecule has 0 amide bonds. The predicted octanol–water partition coefficient (Wildman–Crippen LogP) is 3.05. The van der Waals surface area contributed by atoms with E-state index in [4.69, 9.17) is 4.74 Å². The minimum absolute atomic E-state index is 0. The molecular formula is C16H14BrNO2. The summed E-state index contributed by atoms with van der Waals surface area (Å²) in [5, 5.41) is 9.77. The van der Waals surface area contributed by atoms with E-state index in [1.807, 2.05) is 37.4 Å². The lowest BCUT2D eigenvalue weighted by Gasteiger charge is -2.26. The van der Waals surface area contributed by atoms with Crippen LogP contribution in [0.2, 0.25) is 0 Å². The van der Waals surface area contributed by atoms with Gasteiger partial charge in [0.1, 0.15) is 11.5 Å².